The van der Waals surface area contributed by atoms with Crippen molar-refractivity contribution in [3.63, 3.8) is 0 Å². The highest BCUT2D eigenvalue weighted by molar-refractivity contribution is 5.69. The van der Waals surface area contributed by atoms with Gasteiger partial charge in [-0.3, -0.25) is 0 Å². The van der Waals surface area contributed by atoms with Crippen LogP contribution in [0.2, 0.25) is 0 Å². The van der Waals surface area contributed by atoms with Gasteiger partial charge >= 0.3 is 24.7 Å². The summed E-state index contributed by atoms with van der Waals surface area (Å²) >= 11 is 0. The van der Waals surface area contributed by atoms with Gasteiger partial charge in [0, 0.05) is 0 Å². The van der Waals surface area contributed by atoms with Crippen LogP contribution < -0.4 is 0 Å². The highest BCUT2D eigenvalue weighted by Crippen LogP contribution is 2.56. The molecular weight excluding hydrogens is 620 g/mol. The molecule has 0 unspecified atom stereocenters. The summed E-state index contributed by atoms with van der Waals surface area (Å²) in [4.78, 5) is 0. The van der Waals surface area contributed by atoms with Gasteiger partial charge in [0.05, 0.1) is 22.3 Å². The lowest BCUT2D eigenvalue weighted by atomic mass is 9.78. The maximum absolute atomic E-state index is 14.6. The first-order valence-corrected chi connectivity index (χ1v) is 9.53. The fourth-order valence-electron chi connectivity index (χ4n) is 3.47. The maximum atomic E-state index is 14.6. The molecular formula is C20H6F20. The van der Waals surface area contributed by atoms with Crippen molar-refractivity contribution in [1.29, 1.82) is 0 Å². The van der Waals surface area contributed by atoms with Crippen molar-refractivity contribution in [3.05, 3.63) is 57.7 Å². The average Bonchev–Trinajstić information content (AvgIpc) is 2.75. The second-order valence-corrected chi connectivity index (χ2v) is 8.25. The van der Waals surface area contributed by atoms with Gasteiger partial charge in [-0.25, -0.2) is 35.1 Å². The van der Waals surface area contributed by atoms with Crippen LogP contribution >= 0.6 is 0 Å². The third kappa shape index (κ3) is 4.31. The van der Waals surface area contributed by atoms with Crippen molar-refractivity contribution in [2.75, 3.05) is 0 Å². The molecule has 0 aliphatic rings. The van der Waals surface area contributed by atoms with E-state index in [-0.39, 0.29) is 0 Å². The summed E-state index contributed by atoms with van der Waals surface area (Å²) in [5.74, 6) is -29.1. The summed E-state index contributed by atoms with van der Waals surface area (Å²) in [5, 5.41) is 0. The molecule has 0 amide bonds. The minimum atomic E-state index is -6.80. The van der Waals surface area contributed by atoms with Crippen LogP contribution in [0.15, 0.2) is 0 Å². The molecule has 40 heavy (non-hydrogen) atoms. The van der Waals surface area contributed by atoms with Gasteiger partial charge in [0.2, 0.25) is 0 Å². The fraction of sp³-hybridized carbons (Fsp3) is 0.400. The molecule has 0 bridgehead atoms. The summed E-state index contributed by atoms with van der Waals surface area (Å²) in [7, 11) is 0. The van der Waals surface area contributed by atoms with Crippen LogP contribution in [0.25, 0.3) is 11.1 Å². The molecule has 0 radical (unpaired) electrons. The molecule has 0 aliphatic carbocycles. The number of halogens is 20. The molecule has 0 saturated heterocycles. The first-order chi connectivity index (χ1) is 17.5. The van der Waals surface area contributed by atoms with Gasteiger partial charge in [-0.2, -0.15) is 52.7 Å². The Labute approximate surface area is 207 Å². The van der Waals surface area contributed by atoms with Crippen molar-refractivity contribution >= 4 is 0 Å². The topological polar surface area (TPSA) is 0 Å². The Morgan fingerprint density at radius 1 is 0.300 bits per heavy atom. The molecule has 0 nitrogen and oxygen atoms in total. The van der Waals surface area contributed by atoms with Crippen LogP contribution in [-0.2, 0) is 10.8 Å². The van der Waals surface area contributed by atoms with E-state index in [1.54, 1.807) is 0 Å². The molecule has 2 aromatic carbocycles. The highest BCUT2D eigenvalue weighted by Gasteiger charge is 2.72. The predicted molar refractivity (Wildman–Crippen MR) is 90.5 cm³/mol. The lowest BCUT2D eigenvalue weighted by molar-refractivity contribution is -0.300. The minimum Gasteiger partial charge on any atom is -0.203 e. The van der Waals surface area contributed by atoms with Crippen LogP contribution in [-0.4, -0.2) is 24.7 Å². The van der Waals surface area contributed by atoms with Gasteiger partial charge in [-0.15, -0.1) is 0 Å². The molecule has 2 rings (SSSR count). The summed E-state index contributed by atoms with van der Waals surface area (Å²) in [5.41, 5.74) is -24.9. The van der Waals surface area contributed by atoms with Gasteiger partial charge in [0.25, 0.3) is 0 Å². The molecule has 0 heterocycles. The van der Waals surface area contributed by atoms with Crippen LogP contribution in [0.4, 0.5) is 87.8 Å². The number of hydrogen-bond donors (Lipinski definition) is 0. The molecule has 0 N–H and O–H groups in total. The largest absolute Gasteiger partial charge is 0.407 e. The van der Waals surface area contributed by atoms with Crippen LogP contribution in [0.5, 0.6) is 0 Å². The lowest BCUT2D eigenvalue weighted by Gasteiger charge is -2.35. The molecule has 0 saturated carbocycles. The van der Waals surface area contributed by atoms with Crippen molar-refractivity contribution in [3.8, 4) is 11.1 Å². The van der Waals surface area contributed by atoms with E-state index >= 15 is 0 Å². The van der Waals surface area contributed by atoms with E-state index in [1.807, 2.05) is 0 Å². The standard InChI is InChI=1S/C20H6F20/c1-15(17(29,30)31,18(32,33)34)5-11(25)7(21)3(8(22)12(5)26)4-9(23)13(27)6(14(28)10(4)24)16(2,19(35,36)37)20(38,39)40/h1-2H3. The van der Waals surface area contributed by atoms with E-state index in [1.165, 1.54) is 0 Å². The second-order valence-electron chi connectivity index (χ2n) is 8.25. The minimum absolute atomic E-state index is 1.03. The normalized spacial score (nSPS) is 14.2. The summed E-state index contributed by atoms with van der Waals surface area (Å²) in [6, 6.07) is 0. The summed E-state index contributed by atoms with van der Waals surface area (Å²) in [6.45, 7) is -2.06. The second kappa shape index (κ2) is 9.28. The van der Waals surface area contributed by atoms with Gasteiger partial charge in [-0.1, -0.05) is 0 Å². The zero-order chi connectivity index (χ0) is 31.9. The van der Waals surface area contributed by atoms with E-state index in [2.05, 4.69) is 0 Å². The van der Waals surface area contributed by atoms with Gasteiger partial charge in [0.15, 0.2) is 57.4 Å². The zero-order valence-electron chi connectivity index (χ0n) is 18.6. The monoisotopic (exact) mass is 626 g/mol. The number of rotatable bonds is 3. The Hall–Kier alpha value is -2.96. The molecule has 0 fully saturated rings. The fourth-order valence-corrected chi connectivity index (χ4v) is 3.47. The van der Waals surface area contributed by atoms with Gasteiger partial charge in [0.1, 0.15) is 0 Å². The molecule has 0 aliphatic heterocycles. The van der Waals surface area contributed by atoms with Gasteiger partial charge < -0.3 is 0 Å². The van der Waals surface area contributed by atoms with Crippen LogP contribution in [0.3, 0.4) is 0 Å². The Morgan fingerprint density at radius 2 is 0.450 bits per heavy atom. The van der Waals surface area contributed by atoms with E-state index in [4.69, 9.17) is 0 Å². The van der Waals surface area contributed by atoms with Crippen molar-refractivity contribution < 1.29 is 87.8 Å². The van der Waals surface area contributed by atoms with E-state index in [9.17, 15) is 87.8 Å². The Morgan fingerprint density at radius 3 is 0.575 bits per heavy atom. The van der Waals surface area contributed by atoms with Crippen molar-refractivity contribution in [2.24, 2.45) is 0 Å². The summed E-state index contributed by atoms with van der Waals surface area (Å²) in [6.07, 6.45) is -27.2. The molecule has 0 aromatic heterocycles. The Bertz CT molecular complexity index is 1150. The van der Waals surface area contributed by atoms with Crippen LogP contribution in [0.1, 0.15) is 25.0 Å². The number of alkyl halides is 12. The predicted octanol–water partition coefficient (Wildman–Crippen LogP) is 9.23. The number of benzene rings is 2. The Kier molecular flexibility index (Phi) is 7.72. The zero-order valence-corrected chi connectivity index (χ0v) is 18.6. The smallest absolute Gasteiger partial charge is 0.203 e. The SMILES string of the molecule is CC(c1c(F)c(F)c(-c2c(F)c(F)c(C(C)(C(F)(F)F)C(F)(F)F)c(F)c2F)c(F)c1F)(C(F)(F)F)C(F)(F)F. The molecule has 0 atom stereocenters. The first-order valence-electron chi connectivity index (χ1n) is 9.53. The molecule has 2 aromatic rings. The third-order valence-corrected chi connectivity index (χ3v) is 6.04. The quantitative estimate of drug-likeness (QED) is 0.236. The average molecular weight is 626 g/mol. The lowest BCUT2D eigenvalue weighted by Crippen LogP contribution is -2.53. The summed E-state index contributed by atoms with van der Waals surface area (Å²) < 4.78 is 275. The third-order valence-electron chi connectivity index (χ3n) is 6.04. The van der Waals surface area contributed by atoms with Crippen molar-refractivity contribution in [1.82, 2.24) is 0 Å². The van der Waals surface area contributed by atoms with E-state index < -0.39 is 118 Å². The molecule has 226 valence electrons. The number of hydrogen-bond acceptors (Lipinski definition) is 0. The first kappa shape index (κ1) is 33.2. The van der Waals surface area contributed by atoms with E-state index in [0.29, 0.717) is 0 Å². The molecule has 20 heteroatoms. The van der Waals surface area contributed by atoms with Crippen LogP contribution in [0, 0.1) is 46.5 Å². The van der Waals surface area contributed by atoms with Crippen molar-refractivity contribution in [2.45, 2.75) is 49.4 Å². The Balaban J connectivity index is 3.17. The highest BCUT2D eigenvalue weighted by atomic mass is 19.4. The maximum Gasteiger partial charge on any atom is 0.407 e. The van der Waals surface area contributed by atoms with Gasteiger partial charge in [-0.05, 0) is 13.8 Å². The molecule has 0 spiro atoms. The van der Waals surface area contributed by atoms with E-state index in [0.717, 1.165) is 0 Å².